The first-order valence-electron chi connectivity index (χ1n) is 12.0. The van der Waals surface area contributed by atoms with Gasteiger partial charge in [0.2, 0.25) is 0 Å². The quantitative estimate of drug-likeness (QED) is 0.474. The van der Waals surface area contributed by atoms with Gasteiger partial charge in [0.25, 0.3) is 0 Å². The van der Waals surface area contributed by atoms with Crippen molar-refractivity contribution < 1.29 is 28.5 Å². The lowest BCUT2D eigenvalue weighted by Gasteiger charge is -2.26. The van der Waals surface area contributed by atoms with Gasteiger partial charge in [-0.05, 0) is 12.1 Å². The van der Waals surface area contributed by atoms with Crippen LogP contribution < -0.4 is 14.2 Å². The summed E-state index contributed by atoms with van der Waals surface area (Å²) in [6, 6.07) is 9.35. The van der Waals surface area contributed by atoms with Gasteiger partial charge in [-0.1, -0.05) is 12.1 Å². The van der Waals surface area contributed by atoms with E-state index in [4.69, 9.17) is 23.7 Å². The van der Waals surface area contributed by atoms with Crippen molar-refractivity contribution in [1.82, 2.24) is 9.80 Å². The second kappa shape index (κ2) is 10.7. The molecular formula is C26H32N2O6. The van der Waals surface area contributed by atoms with Gasteiger partial charge in [-0.15, -0.1) is 0 Å². The molecule has 0 saturated carbocycles. The number of methoxy groups -OCH3 is 1. The topological polar surface area (TPSA) is 69.7 Å². The molecule has 2 aromatic carbocycles. The maximum absolute atomic E-state index is 13.3. The zero-order valence-corrected chi connectivity index (χ0v) is 19.7. The molecule has 2 fully saturated rings. The molecule has 2 aliphatic heterocycles. The third-order valence-electron chi connectivity index (χ3n) is 6.61. The van der Waals surface area contributed by atoms with Crippen molar-refractivity contribution >= 4 is 5.78 Å². The maximum atomic E-state index is 13.3. The van der Waals surface area contributed by atoms with Crippen LogP contribution in [0.1, 0.15) is 15.9 Å². The summed E-state index contributed by atoms with van der Waals surface area (Å²) in [6.45, 7) is 9.43. The highest BCUT2D eigenvalue weighted by Crippen LogP contribution is 2.48. The SMILES string of the molecule is COc1cc(OCCN2CCOCC2)cc2c1-c1c(OCCN3CCOCC3)cccc1C2=O. The van der Waals surface area contributed by atoms with Gasteiger partial charge in [-0.3, -0.25) is 14.6 Å². The second-order valence-electron chi connectivity index (χ2n) is 8.66. The third kappa shape index (κ3) is 4.90. The number of ether oxygens (including phenoxy) is 5. The van der Waals surface area contributed by atoms with Gasteiger partial charge in [-0.25, -0.2) is 0 Å². The number of hydrogen-bond donors (Lipinski definition) is 0. The molecule has 3 aliphatic rings. The highest BCUT2D eigenvalue weighted by atomic mass is 16.5. The average molecular weight is 469 g/mol. The van der Waals surface area contributed by atoms with E-state index >= 15 is 0 Å². The molecule has 2 saturated heterocycles. The lowest BCUT2D eigenvalue weighted by Crippen LogP contribution is -2.38. The average Bonchev–Trinajstić information content (AvgIpc) is 3.17. The monoisotopic (exact) mass is 468 g/mol. The molecule has 5 rings (SSSR count). The number of hydrogen-bond acceptors (Lipinski definition) is 8. The minimum atomic E-state index is -0.0273. The maximum Gasteiger partial charge on any atom is 0.194 e. The van der Waals surface area contributed by atoms with E-state index in [0.717, 1.165) is 76.8 Å². The van der Waals surface area contributed by atoms with Gasteiger partial charge in [0, 0.05) is 67.6 Å². The van der Waals surface area contributed by atoms with Crippen molar-refractivity contribution in [3.8, 4) is 28.4 Å². The summed E-state index contributed by atoms with van der Waals surface area (Å²) in [5, 5.41) is 0. The van der Waals surface area contributed by atoms with Crippen LogP contribution in [0.2, 0.25) is 0 Å². The summed E-state index contributed by atoms with van der Waals surface area (Å²) >= 11 is 0. The Morgan fingerprint density at radius 1 is 0.794 bits per heavy atom. The number of benzene rings is 2. The first-order chi connectivity index (χ1) is 16.7. The predicted octanol–water partition coefficient (Wildman–Crippen LogP) is 2.33. The molecule has 182 valence electrons. The van der Waals surface area contributed by atoms with Gasteiger partial charge in [-0.2, -0.15) is 0 Å². The summed E-state index contributed by atoms with van der Waals surface area (Å²) in [6.07, 6.45) is 0. The van der Waals surface area contributed by atoms with Crippen LogP contribution >= 0.6 is 0 Å². The molecule has 8 heteroatoms. The summed E-state index contributed by atoms with van der Waals surface area (Å²) in [5.41, 5.74) is 2.83. The van der Waals surface area contributed by atoms with Crippen LogP contribution in [-0.4, -0.2) is 102 Å². The number of rotatable bonds is 9. The zero-order chi connectivity index (χ0) is 23.3. The minimum Gasteiger partial charge on any atom is -0.496 e. The van der Waals surface area contributed by atoms with E-state index in [-0.39, 0.29) is 5.78 Å². The molecular weight excluding hydrogens is 436 g/mol. The number of carbonyl (C=O) groups excluding carboxylic acids is 1. The molecule has 2 heterocycles. The number of morpholine rings is 2. The summed E-state index contributed by atoms with van der Waals surface area (Å²) in [7, 11) is 1.62. The predicted molar refractivity (Wildman–Crippen MR) is 127 cm³/mol. The first kappa shape index (κ1) is 23.1. The second-order valence-corrected chi connectivity index (χ2v) is 8.66. The Morgan fingerprint density at radius 3 is 2.06 bits per heavy atom. The standard InChI is InChI=1S/C26H32N2O6/c1-30-23-18-19(33-15-9-27-5-11-31-12-6-27)17-21-25(23)24-20(26(21)29)3-2-4-22(24)34-16-10-28-7-13-32-14-8-28/h2-4,17-18H,5-16H2,1H3. The van der Waals surface area contributed by atoms with E-state index in [1.807, 2.05) is 30.3 Å². The highest BCUT2D eigenvalue weighted by Gasteiger charge is 2.33. The van der Waals surface area contributed by atoms with Crippen LogP contribution in [0.25, 0.3) is 11.1 Å². The summed E-state index contributed by atoms with van der Waals surface area (Å²) < 4.78 is 28.7. The van der Waals surface area contributed by atoms with E-state index in [1.165, 1.54) is 0 Å². The van der Waals surface area contributed by atoms with Crippen LogP contribution in [0.15, 0.2) is 30.3 Å². The summed E-state index contributed by atoms with van der Waals surface area (Å²) in [4.78, 5) is 17.9. The molecule has 0 radical (unpaired) electrons. The smallest absolute Gasteiger partial charge is 0.194 e. The molecule has 0 aromatic heterocycles. The van der Waals surface area contributed by atoms with Crippen molar-refractivity contribution in [1.29, 1.82) is 0 Å². The van der Waals surface area contributed by atoms with Crippen LogP contribution in [0.4, 0.5) is 0 Å². The normalized spacial score (nSPS) is 18.4. The van der Waals surface area contributed by atoms with E-state index in [1.54, 1.807) is 7.11 Å². The van der Waals surface area contributed by atoms with Gasteiger partial charge in [0.15, 0.2) is 5.78 Å². The Labute approximate surface area is 200 Å². The van der Waals surface area contributed by atoms with Crippen molar-refractivity contribution in [2.75, 3.05) is 86.0 Å². The number of fused-ring (bicyclic) bond motifs is 3. The Hall–Kier alpha value is -2.65. The number of ketones is 1. The fourth-order valence-corrected chi connectivity index (χ4v) is 4.74. The van der Waals surface area contributed by atoms with Gasteiger partial charge >= 0.3 is 0 Å². The number of carbonyl (C=O) groups is 1. The van der Waals surface area contributed by atoms with Crippen molar-refractivity contribution in [3.05, 3.63) is 41.5 Å². The molecule has 0 amide bonds. The third-order valence-corrected chi connectivity index (χ3v) is 6.61. The first-order valence-corrected chi connectivity index (χ1v) is 12.0. The van der Waals surface area contributed by atoms with Gasteiger partial charge in [0.1, 0.15) is 30.5 Å². The molecule has 0 bridgehead atoms. The van der Waals surface area contributed by atoms with Crippen LogP contribution in [0, 0.1) is 0 Å². The van der Waals surface area contributed by atoms with E-state index in [0.29, 0.717) is 41.6 Å². The van der Waals surface area contributed by atoms with Crippen LogP contribution in [0.5, 0.6) is 17.2 Å². The molecule has 0 atom stereocenters. The van der Waals surface area contributed by atoms with Crippen molar-refractivity contribution in [2.24, 2.45) is 0 Å². The fourth-order valence-electron chi connectivity index (χ4n) is 4.74. The molecule has 0 spiro atoms. The Kier molecular flexibility index (Phi) is 7.30. The Morgan fingerprint density at radius 2 is 1.41 bits per heavy atom. The van der Waals surface area contributed by atoms with Crippen molar-refractivity contribution in [3.63, 3.8) is 0 Å². The van der Waals surface area contributed by atoms with E-state index in [2.05, 4.69) is 9.80 Å². The molecule has 0 N–H and O–H groups in total. The zero-order valence-electron chi connectivity index (χ0n) is 19.7. The van der Waals surface area contributed by atoms with Crippen LogP contribution in [-0.2, 0) is 9.47 Å². The minimum absolute atomic E-state index is 0.0273. The molecule has 0 unspecified atom stereocenters. The Balaban J connectivity index is 1.32. The van der Waals surface area contributed by atoms with Gasteiger partial charge in [0.05, 0.1) is 33.5 Å². The van der Waals surface area contributed by atoms with E-state index in [9.17, 15) is 4.79 Å². The molecule has 2 aromatic rings. The molecule has 34 heavy (non-hydrogen) atoms. The lowest BCUT2D eigenvalue weighted by atomic mass is 10.0. The van der Waals surface area contributed by atoms with E-state index < -0.39 is 0 Å². The Bertz CT molecular complexity index is 1010. The lowest BCUT2D eigenvalue weighted by molar-refractivity contribution is 0.0321. The highest BCUT2D eigenvalue weighted by molar-refractivity contribution is 6.23. The molecule has 8 nitrogen and oxygen atoms in total. The molecule has 1 aliphatic carbocycles. The van der Waals surface area contributed by atoms with Crippen molar-refractivity contribution in [2.45, 2.75) is 0 Å². The largest absolute Gasteiger partial charge is 0.496 e. The number of nitrogens with zero attached hydrogens (tertiary/aromatic N) is 2. The van der Waals surface area contributed by atoms with Gasteiger partial charge < -0.3 is 23.7 Å². The fraction of sp³-hybridized carbons (Fsp3) is 0.500. The van der Waals surface area contributed by atoms with Crippen LogP contribution in [0.3, 0.4) is 0 Å². The summed E-state index contributed by atoms with van der Waals surface area (Å²) in [5.74, 6) is 1.94.